The first-order valence-corrected chi connectivity index (χ1v) is 13.8. The first-order chi connectivity index (χ1) is 17.9. The molecule has 2 aromatic heterocycles. The Kier molecular flexibility index (Phi) is 8.25. The molecule has 0 aliphatic carbocycles. The zero-order valence-corrected chi connectivity index (χ0v) is 22.0. The first-order valence-electron chi connectivity index (χ1n) is 11.0. The van der Waals surface area contributed by atoms with Crippen molar-refractivity contribution in [2.24, 2.45) is 0 Å². The van der Waals surface area contributed by atoms with E-state index in [1.54, 1.807) is 24.3 Å². The van der Waals surface area contributed by atoms with E-state index in [2.05, 4.69) is 25.3 Å². The zero-order valence-electron chi connectivity index (χ0n) is 19.7. The maximum Gasteiger partial charge on any atom is 0.416 e. The predicted molar refractivity (Wildman–Crippen MR) is 137 cm³/mol. The Morgan fingerprint density at radius 1 is 1.08 bits per heavy atom. The number of thioether (sulfide) groups is 1. The van der Waals surface area contributed by atoms with Crippen LogP contribution in [0.5, 0.6) is 0 Å². The number of fused-ring (bicyclic) bond motifs is 1. The molecular formula is C23H20ClF3N6O3S2. The fourth-order valence-electron chi connectivity index (χ4n) is 3.27. The molecule has 0 aliphatic rings. The highest BCUT2D eigenvalue weighted by Crippen LogP contribution is 2.34. The Balaban J connectivity index is 1.37. The molecule has 2 heterocycles. The number of aryl methyl sites for hydroxylation is 1. The lowest BCUT2D eigenvalue weighted by atomic mass is 10.2. The van der Waals surface area contributed by atoms with E-state index in [1.807, 2.05) is 6.92 Å². The zero-order chi connectivity index (χ0) is 27.5. The average molecular weight is 585 g/mol. The summed E-state index contributed by atoms with van der Waals surface area (Å²) in [7, 11) is -3.70. The molecule has 9 nitrogen and oxygen atoms in total. The molecule has 2 N–H and O–H groups in total. The van der Waals surface area contributed by atoms with Crippen molar-refractivity contribution in [3.05, 3.63) is 76.6 Å². The fourth-order valence-corrected chi connectivity index (χ4v) is 5.12. The number of nitrogens with zero attached hydrogens (tertiary/aromatic N) is 4. The molecule has 0 saturated carbocycles. The van der Waals surface area contributed by atoms with Gasteiger partial charge in [0.05, 0.1) is 26.9 Å². The van der Waals surface area contributed by atoms with Gasteiger partial charge in [-0.25, -0.2) is 13.1 Å². The second-order valence-electron chi connectivity index (χ2n) is 8.05. The van der Waals surface area contributed by atoms with Gasteiger partial charge in [0.2, 0.25) is 15.9 Å². The number of amides is 1. The molecule has 200 valence electrons. The van der Waals surface area contributed by atoms with Crippen LogP contribution in [-0.4, -0.2) is 46.4 Å². The standard InChI is InChI=1S/C23H20ClF3N6O3S2/c1-14-2-5-16(6-3-14)38(35,36)28-11-10-20-31-30-19-8-9-22(32-33(19)20)37-13-21(34)29-18-12-15(23(25,26)27)4-7-17(18)24/h2-9,12,28H,10-11,13H2,1H3,(H,29,34). The number of anilines is 1. The molecule has 15 heteroatoms. The number of rotatable bonds is 9. The second-order valence-corrected chi connectivity index (χ2v) is 11.2. The van der Waals surface area contributed by atoms with Gasteiger partial charge in [-0.1, -0.05) is 41.1 Å². The van der Waals surface area contributed by atoms with Gasteiger partial charge >= 0.3 is 6.18 Å². The second kappa shape index (κ2) is 11.3. The summed E-state index contributed by atoms with van der Waals surface area (Å²) in [5.41, 5.74) is 0.282. The van der Waals surface area contributed by atoms with Crippen LogP contribution in [0.1, 0.15) is 17.0 Å². The van der Waals surface area contributed by atoms with Crippen molar-refractivity contribution in [2.75, 3.05) is 17.6 Å². The summed E-state index contributed by atoms with van der Waals surface area (Å²) in [4.78, 5) is 12.5. The van der Waals surface area contributed by atoms with Crippen molar-refractivity contribution < 1.29 is 26.4 Å². The molecule has 0 saturated heterocycles. The third kappa shape index (κ3) is 6.81. The van der Waals surface area contributed by atoms with Gasteiger partial charge in [0.1, 0.15) is 5.03 Å². The Labute approximate surface area is 224 Å². The Bertz CT molecular complexity index is 1580. The van der Waals surface area contributed by atoms with Crippen LogP contribution in [0, 0.1) is 6.92 Å². The van der Waals surface area contributed by atoms with Crippen LogP contribution < -0.4 is 10.0 Å². The molecule has 4 aromatic rings. The molecular weight excluding hydrogens is 565 g/mol. The fraction of sp³-hybridized carbons (Fsp3) is 0.217. The highest BCUT2D eigenvalue weighted by Gasteiger charge is 2.31. The van der Waals surface area contributed by atoms with Crippen LogP contribution in [-0.2, 0) is 27.4 Å². The molecule has 0 spiro atoms. The van der Waals surface area contributed by atoms with Crippen molar-refractivity contribution in [1.82, 2.24) is 24.5 Å². The minimum Gasteiger partial charge on any atom is -0.324 e. The molecule has 4 rings (SSSR count). The third-order valence-corrected chi connectivity index (χ3v) is 7.92. The number of carbonyl (C=O) groups is 1. The summed E-state index contributed by atoms with van der Waals surface area (Å²) >= 11 is 6.97. The Hall–Kier alpha value is -3.20. The van der Waals surface area contributed by atoms with Gasteiger partial charge in [0.15, 0.2) is 11.5 Å². The van der Waals surface area contributed by atoms with Crippen LogP contribution in [0.3, 0.4) is 0 Å². The van der Waals surface area contributed by atoms with Crippen LogP contribution in [0.15, 0.2) is 64.5 Å². The van der Waals surface area contributed by atoms with Crippen LogP contribution in [0.2, 0.25) is 5.02 Å². The van der Waals surface area contributed by atoms with Gasteiger partial charge in [-0.3, -0.25) is 4.79 Å². The molecule has 0 fully saturated rings. The number of hydrogen-bond acceptors (Lipinski definition) is 7. The lowest BCUT2D eigenvalue weighted by molar-refractivity contribution is -0.137. The minimum atomic E-state index is -4.57. The van der Waals surface area contributed by atoms with E-state index in [0.29, 0.717) is 16.5 Å². The number of hydrogen-bond donors (Lipinski definition) is 2. The van der Waals surface area contributed by atoms with Gasteiger partial charge in [-0.15, -0.1) is 10.2 Å². The predicted octanol–water partition coefficient (Wildman–Crippen LogP) is 4.36. The number of carbonyl (C=O) groups excluding carboxylic acids is 1. The monoisotopic (exact) mass is 584 g/mol. The van der Waals surface area contributed by atoms with E-state index < -0.39 is 27.7 Å². The van der Waals surface area contributed by atoms with Gasteiger partial charge in [0.25, 0.3) is 0 Å². The molecule has 0 radical (unpaired) electrons. The molecule has 0 aliphatic heterocycles. The van der Waals surface area contributed by atoms with Gasteiger partial charge in [-0.05, 0) is 49.4 Å². The SMILES string of the molecule is Cc1ccc(S(=O)(=O)NCCc2nnc3ccc(SCC(=O)Nc4cc(C(F)(F)F)ccc4Cl)nn23)cc1. The topological polar surface area (TPSA) is 118 Å². The van der Waals surface area contributed by atoms with Gasteiger partial charge < -0.3 is 5.32 Å². The number of benzene rings is 2. The van der Waals surface area contributed by atoms with E-state index in [0.717, 1.165) is 35.5 Å². The normalized spacial score (nSPS) is 12.1. The van der Waals surface area contributed by atoms with Crippen molar-refractivity contribution in [3.63, 3.8) is 0 Å². The molecule has 2 aromatic carbocycles. The number of alkyl halides is 3. The van der Waals surface area contributed by atoms with Gasteiger partial charge in [0, 0.05) is 13.0 Å². The quantitative estimate of drug-likeness (QED) is 0.281. The Morgan fingerprint density at radius 3 is 2.53 bits per heavy atom. The number of aromatic nitrogens is 4. The number of sulfonamides is 1. The maximum absolute atomic E-state index is 13.0. The summed E-state index contributed by atoms with van der Waals surface area (Å²) in [6, 6.07) is 12.4. The third-order valence-electron chi connectivity index (χ3n) is 5.19. The maximum atomic E-state index is 13.0. The first kappa shape index (κ1) is 27.8. The van der Waals surface area contributed by atoms with Crippen LogP contribution in [0.4, 0.5) is 18.9 Å². The largest absolute Gasteiger partial charge is 0.416 e. The average Bonchev–Trinajstić information content (AvgIpc) is 3.26. The highest BCUT2D eigenvalue weighted by atomic mass is 35.5. The van der Waals surface area contributed by atoms with E-state index in [4.69, 9.17) is 11.6 Å². The van der Waals surface area contributed by atoms with Gasteiger partial charge in [-0.2, -0.15) is 22.8 Å². The molecule has 0 unspecified atom stereocenters. The molecule has 38 heavy (non-hydrogen) atoms. The number of nitrogens with one attached hydrogen (secondary N) is 2. The number of halogens is 4. The smallest absolute Gasteiger partial charge is 0.324 e. The Morgan fingerprint density at radius 2 is 1.82 bits per heavy atom. The van der Waals surface area contributed by atoms with E-state index in [-0.39, 0.29) is 34.3 Å². The van der Waals surface area contributed by atoms with Crippen molar-refractivity contribution >= 4 is 50.6 Å². The summed E-state index contributed by atoms with van der Waals surface area (Å²) in [5, 5.41) is 15.2. The summed E-state index contributed by atoms with van der Waals surface area (Å²) in [6.45, 7) is 1.91. The van der Waals surface area contributed by atoms with Crippen molar-refractivity contribution in [3.8, 4) is 0 Å². The van der Waals surface area contributed by atoms with E-state index in [9.17, 15) is 26.4 Å². The lowest BCUT2D eigenvalue weighted by Crippen LogP contribution is -2.26. The van der Waals surface area contributed by atoms with Crippen molar-refractivity contribution in [2.45, 2.75) is 29.4 Å². The highest BCUT2D eigenvalue weighted by molar-refractivity contribution is 7.99. The van der Waals surface area contributed by atoms with Crippen LogP contribution >= 0.6 is 23.4 Å². The summed E-state index contributed by atoms with van der Waals surface area (Å²) in [6.07, 6.45) is -4.38. The van der Waals surface area contributed by atoms with E-state index >= 15 is 0 Å². The van der Waals surface area contributed by atoms with Crippen LogP contribution in [0.25, 0.3) is 5.65 Å². The van der Waals surface area contributed by atoms with E-state index in [1.165, 1.54) is 16.6 Å². The summed E-state index contributed by atoms with van der Waals surface area (Å²) < 4.78 is 67.8. The molecule has 0 atom stereocenters. The van der Waals surface area contributed by atoms with Crippen molar-refractivity contribution in [1.29, 1.82) is 0 Å². The minimum absolute atomic E-state index is 0.0250. The molecule has 0 bridgehead atoms. The molecule has 1 amide bonds. The lowest BCUT2D eigenvalue weighted by Gasteiger charge is -2.11. The summed E-state index contributed by atoms with van der Waals surface area (Å²) in [5.74, 6) is -0.333.